The first-order chi connectivity index (χ1) is 8.90. The van der Waals surface area contributed by atoms with E-state index < -0.39 is 0 Å². The molecule has 1 aliphatic rings. The van der Waals surface area contributed by atoms with E-state index in [1.165, 1.54) is 12.0 Å². The van der Waals surface area contributed by atoms with Crippen LogP contribution < -0.4 is 0 Å². The van der Waals surface area contributed by atoms with E-state index in [2.05, 4.69) is 45.9 Å². The summed E-state index contributed by atoms with van der Waals surface area (Å²) in [6, 6.07) is 0. The molecule has 0 heterocycles. The normalized spacial score (nSPS) is 23.8. The molecular weight excluding hydrogens is 234 g/mol. The maximum Gasteiger partial charge on any atom is 0.219 e. The summed E-state index contributed by atoms with van der Waals surface area (Å²) < 4.78 is 0. The lowest BCUT2D eigenvalue weighted by Gasteiger charge is -2.26. The highest BCUT2D eigenvalue weighted by Crippen LogP contribution is 2.29. The Balaban J connectivity index is 2.49. The van der Waals surface area contributed by atoms with Crippen LogP contribution in [0.25, 0.3) is 0 Å². The van der Waals surface area contributed by atoms with Crippen molar-refractivity contribution < 1.29 is 4.79 Å². The van der Waals surface area contributed by atoms with Crippen molar-refractivity contribution >= 4 is 5.91 Å². The van der Waals surface area contributed by atoms with Gasteiger partial charge in [-0.25, -0.2) is 0 Å². The number of allylic oxidation sites excluding steroid dienone is 3. The Morgan fingerprint density at radius 2 is 2.21 bits per heavy atom. The zero-order valence-electron chi connectivity index (χ0n) is 13.1. The molecule has 0 saturated heterocycles. The molecule has 0 aromatic carbocycles. The van der Waals surface area contributed by atoms with E-state index >= 15 is 0 Å². The molecule has 2 heteroatoms. The van der Waals surface area contributed by atoms with Crippen LogP contribution in [0.4, 0.5) is 0 Å². The molecule has 19 heavy (non-hydrogen) atoms. The Kier molecular flexibility index (Phi) is 6.33. The summed E-state index contributed by atoms with van der Waals surface area (Å²) in [4.78, 5) is 13.5. The van der Waals surface area contributed by atoms with E-state index in [0.29, 0.717) is 11.8 Å². The van der Waals surface area contributed by atoms with Gasteiger partial charge in [0, 0.05) is 20.0 Å². The van der Waals surface area contributed by atoms with Crippen LogP contribution in [-0.4, -0.2) is 23.9 Å². The molecule has 1 aliphatic carbocycles. The van der Waals surface area contributed by atoms with Gasteiger partial charge in [-0.15, -0.1) is 0 Å². The number of carbonyl (C=O) groups excluding carboxylic acids is 1. The van der Waals surface area contributed by atoms with Gasteiger partial charge >= 0.3 is 0 Å². The maximum atomic E-state index is 11.6. The van der Waals surface area contributed by atoms with Gasteiger partial charge in [-0.2, -0.15) is 0 Å². The van der Waals surface area contributed by atoms with Gasteiger partial charge in [-0.05, 0) is 37.5 Å². The first-order valence-corrected chi connectivity index (χ1v) is 7.48. The summed E-state index contributed by atoms with van der Waals surface area (Å²) in [5, 5.41) is 0. The number of carbonyl (C=O) groups is 1. The first kappa shape index (κ1) is 16.0. The molecule has 0 N–H and O–H groups in total. The molecule has 108 valence electrons. The molecule has 0 aromatic heterocycles. The Bertz CT molecular complexity index is 354. The van der Waals surface area contributed by atoms with Crippen LogP contribution in [-0.2, 0) is 4.79 Å². The van der Waals surface area contributed by atoms with Crippen molar-refractivity contribution in [1.82, 2.24) is 4.90 Å². The van der Waals surface area contributed by atoms with Crippen molar-refractivity contribution in [3.8, 4) is 0 Å². The molecule has 1 rings (SSSR count). The molecule has 0 aliphatic heterocycles. The molecule has 2 nitrogen and oxygen atoms in total. The highest BCUT2D eigenvalue weighted by molar-refractivity contribution is 5.73. The molecule has 0 radical (unpaired) electrons. The predicted octanol–water partition coefficient (Wildman–Crippen LogP) is 4.04. The van der Waals surface area contributed by atoms with E-state index in [-0.39, 0.29) is 5.91 Å². The summed E-state index contributed by atoms with van der Waals surface area (Å²) in [7, 11) is 0. The Hall–Kier alpha value is -1.05. The minimum absolute atomic E-state index is 0.172. The van der Waals surface area contributed by atoms with Crippen LogP contribution in [0.15, 0.2) is 23.8 Å². The highest BCUT2D eigenvalue weighted by Gasteiger charge is 2.18. The molecule has 0 spiro atoms. The van der Waals surface area contributed by atoms with Gasteiger partial charge < -0.3 is 4.90 Å². The molecule has 2 atom stereocenters. The third-order valence-corrected chi connectivity index (χ3v) is 3.85. The molecule has 1 amide bonds. The van der Waals surface area contributed by atoms with Gasteiger partial charge in [0.15, 0.2) is 0 Å². The van der Waals surface area contributed by atoms with Crippen LogP contribution in [0.2, 0.25) is 0 Å². The summed E-state index contributed by atoms with van der Waals surface area (Å²) in [5.74, 6) is 2.05. The Morgan fingerprint density at radius 1 is 1.53 bits per heavy atom. The molecule has 0 saturated carbocycles. The molecule has 0 bridgehead atoms. The van der Waals surface area contributed by atoms with Crippen LogP contribution >= 0.6 is 0 Å². The lowest BCUT2D eigenvalue weighted by atomic mass is 9.81. The van der Waals surface area contributed by atoms with Crippen molar-refractivity contribution in [1.29, 1.82) is 0 Å². The number of hydrogen-bond donors (Lipinski definition) is 0. The highest BCUT2D eigenvalue weighted by atomic mass is 16.2. The number of nitrogens with zero attached hydrogens (tertiary/aromatic N) is 1. The number of hydrogen-bond acceptors (Lipinski definition) is 1. The van der Waals surface area contributed by atoms with Gasteiger partial charge in [0.1, 0.15) is 0 Å². The summed E-state index contributed by atoms with van der Waals surface area (Å²) >= 11 is 0. The van der Waals surface area contributed by atoms with Crippen molar-refractivity contribution in [2.45, 2.75) is 47.5 Å². The standard InChI is InChI=1S/C17H29NO/c1-13(2)12-18(16(5)19)10-6-7-17-9-8-14(3)11-15(17)4/h6-8,13,15,17H,9-12H2,1-5H3. The number of rotatable bonds is 5. The average molecular weight is 263 g/mol. The van der Waals surface area contributed by atoms with Crippen molar-refractivity contribution in [2.24, 2.45) is 17.8 Å². The molecule has 0 aromatic rings. The molecular formula is C17H29NO. The fourth-order valence-electron chi connectivity index (χ4n) is 2.72. The van der Waals surface area contributed by atoms with Crippen molar-refractivity contribution in [3.63, 3.8) is 0 Å². The second-order valence-corrected chi connectivity index (χ2v) is 6.38. The van der Waals surface area contributed by atoms with E-state index in [1.807, 2.05) is 4.90 Å². The van der Waals surface area contributed by atoms with Gasteiger partial charge in [0.25, 0.3) is 0 Å². The number of amides is 1. The van der Waals surface area contributed by atoms with Crippen LogP contribution in [0.3, 0.4) is 0 Å². The third-order valence-electron chi connectivity index (χ3n) is 3.85. The topological polar surface area (TPSA) is 20.3 Å². The zero-order valence-corrected chi connectivity index (χ0v) is 13.1. The molecule has 2 unspecified atom stereocenters. The lowest BCUT2D eigenvalue weighted by Crippen LogP contribution is -2.32. The van der Waals surface area contributed by atoms with Crippen LogP contribution in [0.5, 0.6) is 0 Å². The second-order valence-electron chi connectivity index (χ2n) is 6.38. The fraction of sp³-hybridized carbons (Fsp3) is 0.706. The second kappa shape index (κ2) is 7.52. The quantitative estimate of drug-likeness (QED) is 0.686. The SMILES string of the molecule is CC(=O)N(CC=CC1CC=C(C)CC1C)CC(C)C. The van der Waals surface area contributed by atoms with E-state index in [4.69, 9.17) is 0 Å². The van der Waals surface area contributed by atoms with Crippen LogP contribution in [0, 0.1) is 17.8 Å². The minimum atomic E-state index is 0.172. The van der Waals surface area contributed by atoms with Gasteiger partial charge in [-0.3, -0.25) is 4.79 Å². The first-order valence-electron chi connectivity index (χ1n) is 7.48. The minimum Gasteiger partial charge on any atom is -0.339 e. The largest absolute Gasteiger partial charge is 0.339 e. The predicted molar refractivity (Wildman–Crippen MR) is 81.9 cm³/mol. The van der Waals surface area contributed by atoms with Crippen molar-refractivity contribution in [3.05, 3.63) is 23.8 Å². The monoisotopic (exact) mass is 263 g/mol. The average Bonchev–Trinajstić information content (AvgIpc) is 2.29. The van der Waals surface area contributed by atoms with E-state index in [9.17, 15) is 4.79 Å². The van der Waals surface area contributed by atoms with E-state index in [0.717, 1.165) is 25.4 Å². The lowest BCUT2D eigenvalue weighted by molar-refractivity contribution is -0.128. The Morgan fingerprint density at radius 3 is 2.74 bits per heavy atom. The Labute approximate surface area is 118 Å². The van der Waals surface area contributed by atoms with E-state index in [1.54, 1.807) is 6.92 Å². The van der Waals surface area contributed by atoms with Gasteiger partial charge in [0.2, 0.25) is 5.91 Å². The van der Waals surface area contributed by atoms with Crippen LogP contribution in [0.1, 0.15) is 47.5 Å². The third kappa shape index (κ3) is 5.63. The zero-order chi connectivity index (χ0) is 14.4. The summed E-state index contributed by atoms with van der Waals surface area (Å²) in [6.07, 6.45) is 9.19. The molecule has 0 fully saturated rings. The summed E-state index contributed by atoms with van der Waals surface area (Å²) in [5.41, 5.74) is 1.52. The maximum absolute atomic E-state index is 11.6. The van der Waals surface area contributed by atoms with Gasteiger partial charge in [-0.1, -0.05) is 44.6 Å². The smallest absolute Gasteiger partial charge is 0.219 e. The summed E-state index contributed by atoms with van der Waals surface area (Å²) in [6.45, 7) is 12.1. The van der Waals surface area contributed by atoms with Crippen molar-refractivity contribution in [2.75, 3.05) is 13.1 Å². The van der Waals surface area contributed by atoms with Gasteiger partial charge in [0.05, 0.1) is 0 Å². The fourth-order valence-corrected chi connectivity index (χ4v) is 2.72.